The van der Waals surface area contributed by atoms with Crippen LogP contribution in [-0.4, -0.2) is 24.7 Å². The Bertz CT molecular complexity index is 201. The Hall–Kier alpha value is -0.570. The number of ether oxygens (including phenoxy) is 1. The molecule has 2 unspecified atom stereocenters. The van der Waals surface area contributed by atoms with Crippen LogP contribution < -0.4 is 5.32 Å². The van der Waals surface area contributed by atoms with E-state index in [0.717, 1.165) is 25.7 Å². The highest BCUT2D eigenvalue weighted by atomic mass is 16.5. The van der Waals surface area contributed by atoms with Gasteiger partial charge in [-0.25, -0.2) is 0 Å². The number of hydrogen-bond acceptors (Lipinski definition) is 3. The molecule has 0 spiro atoms. The zero-order chi connectivity index (χ0) is 8.60. The van der Waals surface area contributed by atoms with Crippen molar-refractivity contribution in [2.45, 2.75) is 43.7 Å². The number of carbonyl (C=O) groups excluding carboxylic acids is 1. The van der Waals surface area contributed by atoms with Gasteiger partial charge in [-0.1, -0.05) is 0 Å². The largest absolute Gasteiger partial charge is 0.468 e. The lowest BCUT2D eigenvalue weighted by Gasteiger charge is -2.31. The van der Waals surface area contributed by atoms with Gasteiger partial charge in [-0.15, -0.1) is 0 Å². The minimum atomic E-state index is -0.308. The quantitative estimate of drug-likeness (QED) is 0.591. The summed E-state index contributed by atoms with van der Waals surface area (Å²) in [5, 5.41) is 3.38. The van der Waals surface area contributed by atoms with Gasteiger partial charge in [-0.3, -0.25) is 10.1 Å². The maximum absolute atomic E-state index is 11.5. The van der Waals surface area contributed by atoms with Gasteiger partial charge in [0, 0.05) is 6.04 Å². The molecule has 3 nitrogen and oxygen atoms in total. The molecule has 2 heterocycles. The van der Waals surface area contributed by atoms with E-state index in [1.807, 2.05) is 0 Å². The summed E-state index contributed by atoms with van der Waals surface area (Å²) in [5.41, 5.74) is -0.308. The van der Waals surface area contributed by atoms with Crippen molar-refractivity contribution in [2.75, 3.05) is 7.11 Å². The standard InChI is InChI=1S/C9H15NO2/c1-12-8(11)9-5-2-3-7(10-9)4-6-9/h7,10H,2-6H2,1H3. The Labute approximate surface area is 72.5 Å². The number of esters is 1. The van der Waals surface area contributed by atoms with Crippen molar-refractivity contribution < 1.29 is 9.53 Å². The third kappa shape index (κ3) is 1.04. The molecule has 2 bridgehead atoms. The Balaban J connectivity index is 2.15. The Kier molecular flexibility index (Phi) is 1.83. The van der Waals surface area contributed by atoms with E-state index in [9.17, 15) is 4.79 Å². The molecule has 0 aliphatic carbocycles. The van der Waals surface area contributed by atoms with Crippen LogP contribution in [-0.2, 0) is 9.53 Å². The smallest absolute Gasteiger partial charge is 0.326 e. The molecule has 3 heteroatoms. The summed E-state index contributed by atoms with van der Waals surface area (Å²) in [4.78, 5) is 11.5. The molecule has 0 aromatic heterocycles. The molecule has 0 saturated carbocycles. The fourth-order valence-corrected chi connectivity index (χ4v) is 2.48. The first kappa shape index (κ1) is 8.05. The minimum absolute atomic E-state index is 0.0651. The van der Waals surface area contributed by atoms with Crippen molar-refractivity contribution in [2.24, 2.45) is 0 Å². The summed E-state index contributed by atoms with van der Waals surface area (Å²) in [5.74, 6) is -0.0651. The van der Waals surface area contributed by atoms with E-state index < -0.39 is 0 Å². The van der Waals surface area contributed by atoms with Gasteiger partial charge in [0.05, 0.1) is 7.11 Å². The van der Waals surface area contributed by atoms with Crippen LogP contribution in [0.3, 0.4) is 0 Å². The monoisotopic (exact) mass is 169 g/mol. The van der Waals surface area contributed by atoms with Gasteiger partial charge in [0.2, 0.25) is 0 Å². The van der Waals surface area contributed by atoms with Gasteiger partial charge in [0.25, 0.3) is 0 Å². The lowest BCUT2D eigenvalue weighted by atomic mass is 9.91. The second-order valence-electron chi connectivity index (χ2n) is 3.85. The van der Waals surface area contributed by atoms with Crippen LogP contribution in [0.2, 0.25) is 0 Å². The third-order valence-electron chi connectivity index (χ3n) is 3.13. The normalized spacial score (nSPS) is 39.6. The SMILES string of the molecule is COC(=O)C12CCCC(CC1)N2. The molecule has 2 aliphatic heterocycles. The van der Waals surface area contributed by atoms with E-state index in [1.165, 1.54) is 13.5 Å². The molecule has 0 amide bonds. The van der Waals surface area contributed by atoms with Gasteiger partial charge in [0.1, 0.15) is 5.54 Å². The van der Waals surface area contributed by atoms with Gasteiger partial charge in [-0.2, -0.15) is 0 Å². The van der Waals surface area contributed by atoms with Crippen LogP contribution in [0.1, 0.15) is 32.1 Å². The molecule has 2 saturated heterocycles. The van der Waals surface area contributed by atoms with Crippen molar-refractivity contribution in [3.8, 4) is 0 Å². The van der Waals surface area contributed by atoms with Gasteiger partial charge in [0.15, 0.2) is 0 Å². The molecule has 0 radical (unpaired) electrons. The van der Waals surface area contributed by atoms with Gasteiger partial charge < -0.3 is 4.74 Å². The molecule has 12 heavy (non-hydrogen) atoms. The van der Waals surface area contributed by atoms with E-state index in [-0.39, 0.29) is 11.5 Å². The number of rotatable bonds is 1. The zero-order valence-electron chi connectivity index (χ0n) is 7.43. The van der Waals surface area contributed by atoms with E-state index in [4.69, 9.17) is 4.74 Å². The van der Waals surface area contributed by atoms with Crippen LogP contribution in [0.25, 0.3) is 0 Å². The van der Waals surface area contributed by atoms with Crippen LogP contribution in [0.5, 0.6) is 0 Å². The predicted molar refractivity (Wildman–Crippen MR) is 44.8 cm³/mol. The lowest BCUT2D eigenvalue weighted by Crippen LogP contribution is -2.52. The van der Waals surface area contributed by atoms with E-state index >= 15 is 0 Å². The number of hydrogen-bond donors (Lipinski definition) is 1. The summed E-state index contributed by atoms with van der Waals surface area (Å²) >= 11 is 0. The summed E-state index contributed by atoms with van der Waals surface area (Å²) in [7, 11) is 1.47. The topological polar surface area (TPSA) is 38.3 Å². The molecule has 2 fully saturated rings. The number of nitrogens with one attached hydrogen (secondary N) is 1. The highest BCUT2D eigenvalue weighted by Gasteiger charge is 2.47. The predicted octanol–water partition coefficient (Wildman–Crippen LogP) is 0.834. The average Bonchev–Trinajstić information content (AvgIpc) is 2.42. The second-order valence-corrected chi connectivity index (χ2v) is 3.85. The zero-order valence-corrected chi connectivity index (χ0v) is 7.43. The fraction of sp³-hybridized carbons (Fsp3) is 0.889. The van der Waals surface area contributed by atoms with Crippen molar-refractivity contribution >= 4 is 5.97 Å². The maximum atomic E-state index is 11.5. The molecule has 2 rings (SSSR count). The van der Waals surface area contributed by atoms with Crippen molar-refractivity contribution in [3.63, 3.8) is 0 Å². The minimum Gasteiger partial charge on any atom is -0.468 e. The molecule has 2 aliphatic rings. The van der Waals surface area contributed by atoms with Gasteiger partial charge >= 0.3 is 5.97 Å². The lowest BCUT2D eigenvalue weighted by molar-refractivity contribution is -0.149. The van der Waals surface area contributed by atoms with E-state index in [2.05, 4.69) is 5.32 Å². The average molecular weight is 169 g/mol. The van der Waals surface area contributed by atoms with E-state index in [0.29, 0.717) is 6.04 Å². The molecule has 1 N–H and O–H groups in total. The number of carbonyl (C=O) groups is 1. The number of piperidine rings is 1. The maximum Gasteiger partial charge on any atom is 0.326 e. The van der Waals surface area contributed by atoms with Gasteiger partial charge in [-0.05, 0) is 32.1 Å². The molecule has 0 aromatic carbocycles. The Morgan fingerprint density at radius 1 is 1.50 bits per heavy atom. The summed E-state index contributed by atoms with van der Waals surface area (Å²) in [6.45, 7) is 0. The van der Waals surface area contributed by atoms with Crippen LogP contribution in [0.4, 0.5) is 0 Å². The summed E-state index contributed by atoms with van der Waals surface area (Å²) in [6, 6.07) is 0.567. The molecular formula is C9H15NO2. The number of fused-ring (bicyclic) bond motifs is 2. The molecular weight excluding hydrogens is 154 g/mol. The first-order valence-corrected chi connectivity index (χ1v) is 4.63. The molecule has 68 valence electrons. The van der Waals surface area contributed by atoms with Crippen LogP contribution in [0, 0.1) is 0 Å². The second kappa shape index (κ2) is 2.73. The Morgan fingerprint density at radius 3 is 3.08 bits per heavy atom. The molecule has 2 atom stereocenters. The summed E-state index contributed by atoms with van der Waals surface area (Å²) < 4.78 is 4.81. The van der Waals surface area contributed by atoms with Crippen LogP contribution in [0.15, 0.2) is 0 Å². The van der Waals surface area contributed by atoms with Crippen molar-refractivity contribution in [1.82, 2.24) is 5.32 Å². The Morgan fingerprint density at radius 2 is 2.33 bits per heavy atom. The highest BCUT2D eigenvalue weighted by molar-refractivity contribution is 5.81. The van der Waals surface area contributed by atoms with Crippen molar-refractivity contribution in [3.05, 3.63) is 0 Å². The molecule has 0 aromatic rings. The summed E-state index contributed by atoms with van der Waals surface area (Å²) in [6.07, 6.45) is 5.43. The fourth-order valence-electron chi connectivity index (χ4n) is 2.48. The van der Waals surface area contributed by atoms with E-state index in [1.54, 1.807) is 0 Å². The van der Waals surface area contributed by atoms with Crippen molar-refractivity contribution in [1.29, 1.82) is 0 Å². The van der Waals surface area contributed by atoms with Crippen LogP contribution >= 0.6 is 0 Å². The third-order valence-corrected chi connectivity index (χ3v) is 3.13. The first-order valence-electron chi connectivity index (χ1n) is 4.63. The first-order chi connectivity index (χ1) is 5.77. The highest BCUT2D eigenvalue weighted by Crippen LogP contribution is 2.36. The number of methoxy groups -OCH3 is 1.